The Hall–Kier alpha value is -1.68. The molecule has 2 unspecified atom stereocenters. The number of nitrogens with one attached hydrogen (secondary N) is 1. The maximum atomic E-state index is 6.46. The third kappa shape index (κ3) is 1.29. The molecule has 2 aliphatic carbocycles. The van der Waals surface area contributed by atoms with E-state index in [0.717, 1.165) is 43.1 Å². The van der Waals surface area contributed by atoms with Crippen molar-refractivity contribution in [2.75, 3.05) is 20.8 Å². The van der Waals surface area contributed by atoms with E-state index in [0.29, 0.717) is 12.0 Å². The number of methoxy groups -OCH3 is 2. The van der Waals surface area contributed by atoms with Crippen molar-refractivity contribution in [3.8, 4) is 11.5 Å². The minimum absolute atomic E-state index is 0.00574. The van der Waals surface area contributed by atoms with Crippen molar-refractivity contribution in [2.24, 2.45) is 5.92 Å². The zero-order valence-corrected chi connectivity index (χ0v) is 13.0. The van der Waals surface area contributed by atoms with Gasteiger partial charge >= 0.3 is 0 Å². The van der Waals surface area contributed by atoms with Crippen LogP contribution in [0.25, 0.3) is 0 Å². The summed E-state index contributed by atoms with van der Waals surface area (Å²) in [5.74, 6) is 3.39. The first-order valence-corrected chi connectivity index (χ1v) is 8.14. The summed E-state index contributed by atoms with van der Waals surface area (Å²) in [6, 6.07) is 4.82. The fourth-order valence-corrected chi connectivity index (χ4v) is 5.38. The van der Waals surface area contributed by atoms with Gasteiger partial charge in [0, 0.05) is 17.0 Å². The van der Waals surface area contributed by atoms with Crippen molar-refractivity contribution in [1.82, 2.24) is 5.32 Å². The molecule has 1 aromatic carbocycles. The molecular formula is C18H21NO3. The second kappa shape index (κ2) is 4.19. The van der Waals surface area contributed by atoms with Crippen molar-refractivity contribution in [3.05, 3.63) is 35.1 Å². The smallest absolute Gasteiger partial charge is 0.166 e. The Balaban J connectivity index is 1.81. The number of ether oxygens (including phenoxy) is 3. The summed E-state index contributed by atoms with van der Waals surface area (Å²) in [6.07, 6.45) is 5.50. The van der Waals surface area contributed by atoms with Crippen LogP contribution in [0.3, 0.4) is 0 Å². The Labute approximate surface area is 130 Å². The molecule has 4 atom stereocenters. The zero-order valence-electron chi connectivity index (χ0n) is 13.0. The third-order valence-corrected chi connectivity index (χ3v) is 6.20. The van der Waals surface area contributed by atoms with E-state index in [4.69, 9.17) is 14.2 Å². The van der Waals surface area contributed by atoms with Gasteiger partial charge in [0.15, 0.2) is 17.6 Å². The number of piperidine rings is 1. The second-order valence-corrected chi connectivity index (χ2v) is 6.84. The van der Waals surface area contributed by atoms with Crippen LogP contribution >= 0.6 is 0 Å². The lowest BCUT2D eigenvalue weighted by molar-refractivity contribution is 0.0182. The normalized spacial score (nSPS) is 37.0. The number of rotatable bonds is 2. The highest BCUT2D eigenvalue weighted by Gasteiger charge is 2.63. The maximum Gasteiger partial charge on any atom is 0.166 e. The van der Waals surface area contributed by atoms with Crippen LogP contribution in [0.4, 0.5) is 0 Å². The van der Waals surface area contributed by atoms with Crippen LogP contribution < -0.4 is 14.8 Å². The molecule has 4 nitrogen and oxygen atoms in total. The predicted octanol–water partition coefficient (Wildman–Crippen LogP) is 2.16. The molecule has 1 saturated heterocycles. The van der Waals surface area contributed by atoms with Gasteiger partial charge in [-0.15, -0.1) is 0 Å². The van der Waals surface area contributed by atoms with Gasteiger partial charge in [0.25, 0.3) is 0 Å². The van der Waals surface area contributed by atoms with E-state index in [1.54, 1.807) is 14.2 Å². The molecule has 1 spiro atoms. The van der Waals surface area contributed by atoms with Crippen LogP contribution in [-0.2, 0) is 16.6 Å². The van der Waals surface area contributed by atoms with Gasteiger partial charge in [0.05, 0.1) is 14.2 Å². The Morgan fingerprint density at radius 2 is 2.18 bits per heavy atom. The van der Waals surface area contributed by atoms with Gasteiger partial charge in [-0.1, -0.05) is 6.07 Å². The first kappa shape index (κ1) is 12.8. The molecule has 5 rings (SSSR count). The van der Waals surface area contributed by atoms with Gasteiger partial charge in [0.1, 0.15) is 5.76 Å². The molecule has 2 heterocycles. The molecule has 0 radical (unpaired) electrons. The first-order valence-electron chi connectivity index (χ1n) is 8.14. The van der Waals surface area contributed by atoms with Crippen molar-refractivity contribution in [2.45, 2.75) is 36.8 Å². The Kier molecular flexibility index (Phi) is 2.44. The molecule has 4 heteroatoms. The Bertz CT molecular complexity index is 683. The number of hydrogen-bond acceptors (Lipinski definition) is 4. The van der Waals surface area contributed by atoms with Crippen LogP contribution in [0.15, 0.2) is 24.0 Å². The number of hydrogen-bond donors (Lipinski definition) is 1. The molecule has 0 aromatic heterocycles. The van der Waals surface area contributed by atoms with E-state index in [9.17, 15) is 0 Å². The standard InChI is InChI=1S/C18H21NO3/c1-20-13-5-3-10-9-12-11-4-6-14(21-2)17-18(11,7-8-19-12)15(10)16(13)22-17/h3,5-6,11-12,17,19H,4,7-9H2,1-2H3/t11?,12?,17-,18-/m0/s1. The summed E-state index contributed by atoms with van der Waals surface area (Å²) in [7, 11) is 3.48. The van der Waals surface area contributed by atoms with Gasteiger partial charge in [-0.2, -0.15) is 0 Å². The van der Waals surface area contributed by atoms with Crippen LogP contribution in [0.5, 0.6) is 11.5 Å². The summed E-state index contributed by atoms with van der Waals surface area (Å²) >= 11 is 0. The lowest BCUT2D eigenvalue weighted by atomic mass is 9.53. The van der Waals surface area contributed by atoms with Crippen molar-refractivity contribution < 1.29 is 14.2 Å². The summed E-state index contributed by atoms with van der Waals surface area (Å²) < 4.78 is 17.7. The van der Waals surface area contributed by atoms with E-state index in [-0.39, 0.29) is 11.5 Å². The van der Waals surface area contributed by atoms with E-state index in [1.807, 2.05) is 6.07 Å². The summed E-state index contributed by atoms with van der Waals surface area (Å²) in [4.78, 5) is 0. The quantitative estimate of drug-likeness (QED) is 0.908. The molecule has 4 aliphatic rings. The summed E-state index contributed by atoms with van der Waals surface area (Å²) in [6.45, 7) is 1.05. The highest BCUT2D eigenvalue weighted by atomic mass is 16.6. The minimum Gasteiger partial charge on any atom is -0.497 e. The molecule has 116 valence electrons. The lowest BCUT2D eigenvalue weighted by Gasteiger charge is -2.54. The van der Waals surface area contributed by atoms with Gasteiger partial charge in [-0.05, 0) is 49.4 Å². The molecule has 2 bridgehead atoms. The second-order valence-electron chi connectivity index (χ2n) is 6.84. The Morgan fingerprint density at radius 3 is 3.00 bits per heavy atom. The van der Waals surface area contributed by atoms with Gasteiger partial charge < -0.3 is 19.5 Å². The van der Waals surface area contributed by atoms with Crippen LogP contribution in [-0.4, -0.2) is 32.9 Å². The molecule has 2 aliphatic heterocycles. The minimum atomic E-state index is 0.00574. The SMILES string of the molecule is COC1=CCC2C3Cc4ccc(OC)c5c4[C@@]2(CCN3)[C@H]1O5. The molecule has 0 saturated carbocycles. The topological polar surface area (TPSA) is 39.7 Å². The van der Waals surface area contributed by atoms with Crippen LogP contribution in [0, 0.1) is 5.92 Å². The first-order chi connectivity index (χ1) is 10.8. The maximum absolute atomic E-state index is 6.46. The Morgan fingerprint density at radius 1 is 1.27 bits per heavy atom. The fraction of sp³-hybridized carbons (Fsp3) is 0.556. The third-order valence-electron chi connectivity index (χ3n) is 6.20. The van der Waals surface area contributed by atoms with E-state index in [1.165, 1.54) is 11.1 Å². The molecule has 22 heavy (non-hydrogen) atoms. The average Bonchev–Trinajstić information content (AvgIpc) is 2.88. The van der Waals surface area contributed by atoms with E-state index in [2.05, 4.69) is 17.5 Å². The highest BCUT2D eigenvalue weighted by Crippen LogP contribution is 2.62. The number of allylic oxidation sites excluding steroid dienone is 1. The zero-order chi connectivity index (χ0) is 14.9. The van der Waals surface area contributed by atoms with Gasteiger partial charge in [-0.3, -0.25) is 0 Å². The molecule has 1 N–H and O–H groups in total. The van der Waals surface area contributed by atoms with Crippen molar-refractivity contribution in [3.63, 3.8) is 0 Å². The number of benzene rings is 1. The van der Waals surface area contributed by atoms with Crippen LogP contribution in [0.1, 0.15) is 24.0 Å². The molecule has 1 fully saturated rings. The average molecular weight is 299 g/mol. The highest BCUT2D eigenvalue weighted by molar-refractivity contribution is 5.62. The van der Waals surface area contributed by atoms with Crippen molar-refractivity contribution in [1.29, 1.82) is 0 Å². The summed E-state index contributed by atoms with van der Waals surface area (Å²) in [5, 5.41) is 3.73. The molecular weight excluding hydrogens is 278 g/mol. The molecule has 1 aromatic rings. The summed E-state index contributed by atoms with van der Waals surface area (Å²) in [5.41, 5.74) is 2.89. The fourth-order valence-electron chi connectivity index (χ4n) is 5.38. The lowest BCUT2D eigenvalue weighted by Crippen LogP contribution is -2.63. The molecule has 0 amide bonds. The van der Waals surface area contributed by atoms with Crippen LogP contribution in [0.2, 0.25) is 0 Å². The van der Waals surface area contributed by atoms with Crippen molar-refractivity contribution >= 4 is 0 Å². The monoisotopic (exact) mass is 299 g/mol. The van der Waals surface area contributed by atoms with Gasteiger partial charge in [0.2, 0.25) is 0 Å². The van der Waals surface area contributed by atoms with E-state index >= 15 is 0 Å². The van der Waals surface area contributed by atoms with E-state index < -0.39 is 0 Å². The largest absolute Gasteiger partial charge is 0.497 e. The van der Waals surface area contributed by atoms with Gasteiger partial charge in [-0.25, -0.2) is 0 Å². The predicted molar refractivity (Wildman–Crippen MR) is 82.4 cm³/mol.